The molecule has 0 bridgehead atoms. The summed E-state index contributed by atoms with van der Waals surface area (Å²) in [5, 5.41) is 0. The summed E-state index contributed by atoms with van der Waals surface area (Å²) in [5.74, 6) is 0.825. The number of nitrogens with zero attached hydrogens (tertiary/aromatic N) is 1. The second kappa shape index (κ2) is 5.08. The van der Waals surface area contributed by atoms with E-state index < -0.39 is 0 Å². The van der Waals surface area contributed by atoms with Crippen molar-refractivity contribution in [3.63, 3.8) is 0 Å². The van der Waals surface area contributed by atoms with Crippen molar-refractivity contribution in [2.24, 2.45) is 0 Å². The molecule has 4 heteroatoms. The number of carbonyl (C=O) groups is 1. The maximum atomic E-state index is 12.2. The maximum Gasteiger partial charge on any atom is 0.253 e. The number of ether oxygens (including phenoxy) is 1. The average Bonchev–Trinajstić information content (AvgIpc) is 2.25. The first-order valence-corrected chi connectivity index (χ1v) is 6.53. The smallest absolute Gasteiger partial charge is 0.253 e. The van der Waals surface area contributed by atoms with Crippen LogP contribution in [0.2, 0.25) is 0 Å². The van der Waals surface area contributed by atoms with Crippen molar-refractivity contribution in [3.8, 4) is 5.75 Å². The van der Waals surface area contributed by atoms with E-state index in [2.05, 4.69) is 15.9 Å². The van der Waals surface area contributed by atoms with Gasteiger partial charge in [0.2, 0.25) is 0 Å². The molecule has 1 aromatic carbocycles. The molecule has 1 aliphatic carbocycles. The van der Waals surface area contributed by atoms with Gasteiger partial charge in [0.25, 0.3) is 5.91 Å². The van der Waals surface area contributed by atoms with Crippen molar-refractivity contribution in [2.45, 2.75) is 25.3 Å². The highest BCUT2D eigenvalue weighted by molar-refractivity contribution is 9.10. The molecule has 1 aromatic rings. The van der Waals surface area contributed by atoms with Crippen LogP contribution < -0.4 is 4.74 Å². The van der Waals surface area contributed by atoms with Crippen LogP contribution in [0.5, 0.6) is 5.75 Å². The van der Waals surface area contributed by atoms with E-state index >= 15 is 0 Å². The molecule has 3 nitrogen and oxygen atoms in total. The summed E-state index contributed by atoms with van der Waals surface area (Å²) in [6, 6.07) is 5.85. The Morgan fingerprint density at radius 1 is 1.47 bits per heavy atom. The molecule has 1 amide bonds. The molecule has 0 aromatic heterocycles. The largest absolute Gasteiger partial charge is 0.496 e. The highest BCUT2D eigenvalue weighted by atomic mass is 79.9. The first kappa shape index (κ1) is 12.4. The first-order chi connectivity index (χ1) is 8.13. The minimum atomic E-state index is 0.0815. The summed E-state index contributed by atoms with van der Waals surface area (Å²) in [6.07, 6.45) is 3.48. The zero-order valence-electron chi connectivity index (χ0n) is 10.1. The zero-order chi connectivity index (χ0) is 12.4. The van der Waals surface area contributed by atoms with E-state index in [0.717, 1.165) is 23.1 Å². The van der Waals surface area contributed by atoms with Gasteiger partial charge in [-0.2, -0.15) is 0 Å². The Bertz CT molecular complexity index is 429. The van der Waals surface area contributed by atoms with Crippen molar-refractivity contribution < 1.29 is 9.53 Å². The van der Waals surface area contributed by atoms with Gasteiger partial charge < -0.3 is 9.64 Å². The van der Waals surface area contributed by atoms with Gasteiger partial charge in [-0.15, -0.1) is 0 Å². The third-order valence-corrected chi connectivity index (χ3v) is 3.96. The van der Waals surface area contributed by atoms with E-state index in [9.17, 15) is 4.79 Å². The quantitative estimate of drug-likeness (QED) is 0.858. The van der Waals surface area contributed by atoms with Gasteiger partial charge in [-0.3, -0.25) is 4.79 Å². The van der Waals surface area contributed by atoms with Crippen LogP contribution in [0, 0.1) is 0 Å². The number of rotatable bonds is 3. The van der Waals surface area contributed by atoms with Crippen LogP contribution in [0.3, 0.4) is 0 Å². The van der Waals surface area contributed by atoms with Crippen LogP contribution in [-0.4, -0.2) is 31.0 Å². The molecule has 1 saturated carbocycles. The van der Waals surface area contributed by atoms with Gasteiger partial charge in [0, 0.05) is 18.7 Å². The molecule has 0 saturated heterocycles. The monoisotopic (exact) mass is 297 g/mol. The third-order valence-electron chi connectivity index (χ3n) is 3.34. The Morgan fingerprint density at radius 3 is 2.65 bits per heavy atom. The molecule has 0 spiro atoms. The molecule has 2 rings (SSSR count). The van der Waals surface area contributed by atoms with Crippen molar-refractivity contribution in [2.75, 3.05) is 14.2 Å². The number of amides is 1. The van der Waals surface area contributed by atoms with Crippen LogP contribution in [-0.2, 0) is 0 Å². The van der Waals surface area contributed by atoms with Crippen LogP contribution in [0.1, 0.15) is 29.6 Å². The SMILES string of the molecule is COc1ccc(C(=O)N(C)C2CCC2)cc1Br. The predicted octanol–water partition coefficient (Wildman–Crippen LogP) is 3.08. The van der Waals surface area contributed by atoms with Crippen LogP contribution >= 0.6 is 15.9 Å². The second-order valence-corrected chi connectivity index (χ2v) is 5.20. The molecule has 0 aliphatic heterocycles. The Balaban J connectivity index is 2.15. The fourth-order valence-electron chi connectivity index (χ4n) is 1.94. The van der Waals surface area contributed by atoms with E-state index in [1.54, 1.807) is 13.2 Å². The van der Waals surface area contributed by atoms with Crippen molar-refractivity contribution in [1.29, 1.82) is 0 Å². The zero-order valence-corrected chi connectivity index (χ0v) is 11.7. The van der Waals surface area contributed by atoms with Gasteiger partial charge in [0.1, 0.15) is 5.75 Å². The first-order valence-electron chi connectivity index (χ1n) is 5.74. The van der Waals surface area contributed by atoms with E-state index in [1.807, 2.05) is 24.1 Å². The molecule has 0 radical (unpaired) electrons. The number of benzene rings is 1. The molecule has 0 N–H and O–H groups in total. The van der Waals surface area contributed by atoms with Crippen LogP contribution in [0.25, 0.3) is 0 Å². The van der Waals surface area contributed by atoms with Gasteiger partial charge in [0.15, 0.2) is 0 Å². The third kappa shape index (κ3) is 2.46. The molecule has 1 aliphatic rings. The summed E-state index contributed by atoms with van der Waals surface area (Å²) in [6.45, 7) is 0. The minimum absolute atomic E-state index is 0.0815. The number of carbonyl (C=O) groups excluding carboxylic acids is 1. The van der Waals surface area contributed by atoms with Crippen molar-refractivity contribution >= 4 is 21.8 Å². The number of hydrogen-bond donors (Lipinski definition) is 0. The summed E-state index contributed by atoms with van der Waals surface area (Å²) < 4.78 is 5.96. The topological polar surface area (TPSA) is 29.5 Å². The van der Waals surface area contributed by atoms with Gasteiger partial charge in [-0.1, -0.05) is 0 Å². The number of halogens is 1. The van der Waals surface area contributed by atoms with E-state index in [-0.39, 0.29) is 5.91 Å². The molecule has 0 unspecified atom stereocenters. The minimum Gasteiger partial charge on any atom is -0.496 e. The second-order valence-electron chi connectivity index (χ2n) is 4.35. The standard InChI is InChI=1S/C13H16BrNO2/c1-15(10-4-3-5-10)13(16)9-6-7-12(17-2)11(14)8-9/h6-8,10H,3-5H2,1-2H3. The average molecular weight is 298 g/mol. The van der Waals surface area contributed by atoms with Crippen LogP contribution in [0.15, 0.2) is 22.7 Å². The highest BCUT2D eigenvalue weighted by Crippen LogP contribution is 2.28. The molecule has 0 heterocycles. The van der Waals surface area contributed by atoms with Gasteiger partial charge in [0.05, 0.1) is 11.6 Å². The maximum absolute atomic E-state index is 12.2. The van der Waals surface area contributed by atoms with E-state index in [0.29, 0.717) is 11.6 Å². The Morgan fingerprint density at radius 2 is 2.18 bits per heavy atom. The predicted molar refractivity (Wildman–Crippen MR) is 70.4 cm³/mol. The summed E-state index contributed by atoms with van der Waals surface area (Å²) in [4.78, 5) is 14.0. The fraction of sp³-hybridized carbons (Fsp3) is 0.462. The van der Waals surface area contributed by atoms with Crippen LogP contribution in [0.4, 0.5) is 0 Å². The normalized spacial score (nSPS) is 15.2. The molecule has 1 fully saturated rings. The van der Waals surface area contributed by atoms with E-state index in [4.69, 9.17) is 4.74 Å². The lowest BCUT2D eigenvalue weighted by Gasteiger charge is -2.34. The number of hydrogen-bond acceptors (Lipinski definition) is 2. The number of methoxy groups -OCH3 is 1. The van der Waals surface area contributed by atoms with Crippen molar-refractivity contribution in [1.82, 2.24) is 4.90 Å². The molecule has 17 heavy (non-hydrogen) atoms. The Kier molecular flexibility index (Phi) is 3.72. The lowest BCUT2D eigenvalue weighted by Crippen LogP contribution is -2.41. The van der Waals surface area contributed by atoms with Gasteiger partial charge in [-0.25, -0.2) is 0 Å². The molecule has 92 valence electrons. The molecular weight excluding hydrogens is 282 g/mol. The lowest BCUT2D eigenvalue weighted by molar-refractivity contribution is 0.0652. The highest BCUT2D eigenvalue weighted by Gasteiger charge is 2.26. The van der Waals surface area contributed by atoms with Crippen molar-refractivity contribution in [3.05, 3.63) is 28.2 Å². The summed E-state index contributed by atoms with van der Waals surface area (Å²) in [5.41, 5.74) is 0.701. The van der Waals surface area contributed by atoms with Gasteiger partial charge >= 0.3 is 0 Å². The Hall–Kier alpha value is -1.03. The van der Waals surface area contributed by atoms with E-state index in [1.165, 1.54) is 6.42 Å². The van der Waals surface area contributed by atoms with Gasteiger partial charge in [-0.05, 0) is 53.4 Å². The molecule has 0 atom stereocenters. The molecular formula is C13H16BrNO2. The summed E-state index contributed by atoms with van der Waals surface area (Å²) >= 11 is 3.40. The Labute approximate surface area is 110 Å². The summed E-state index contributed by atoms with van der Waals surface area (Å²) in [7, 11) is 3.49. The lowest BCUT2D eigenvalue weighted by atomic mass is 9.91. The fourth-order valence-corrected chi connectivity index (χ4v) is 2.48.